The largest absolute Gasteiger partial charge is 0.485 e. The third-order valence-electron chi connectivity index (χ3n) is 6.60. The van der Waals surface area contributed by atoms with Crippen LogP contribution in [0.25, 0.3) is 5.65 Å². The number of hydrogen-bond donors (Lipinski definition) is 1. The van der Waals surface area contributed by atoms with Crippen LogP contribution in [0.3, 0.4) is 0 Å². The van der Waals surface area contributed by atoms with Gasteiger partial charge in [0.15, 0.2) is 17.2 Å². The van der Waals surface area contributed by atoms with Gasteiger partial charge >= 0.3 is 0 Å². The first-order valence-corrected chi connectivity index (χ1v) is 12.4. The summed E-state index contributed by atoms with van der Waals surface area (Å²) in [5.74, 6) is -2.07. The number of carbonyl (C=O) groups excluding carboxylic acids is 1. The molecule has 1 N–H and O–H groups in total. The van der Waals surface area contributed by atoms with E-state index in [4.69, 9.17) is 14.2 Å². The van der Waals surface area contributed by atoms with Crippen molar-refractivity contribution in [1.82, 2.24) is 14.7 Å². The van der Waals surface area contributed by atoms with Gasteiger partial charge in [0.25, 0.3) is 5.91 Å². The van der Waals surface area contributed by atoms with Crippen LogP contribution in [0.2, 0.25) is 0 Å². The number of carbonyl (C=O) groups is 1. The van der Waals surface area contributed by atoms with Crippen LogP contribution in [0.1, 0.15) is 65.8 Å². The van der Waals surface area contributed by atoms with Crippen molar-refractivity contribution in [2.24, 2.45) is 0 Å². The van der Waals surface area contributed by atoms with E-state index >= 15 is 0 Å². The molecule has 1 aliphatic heterocycles. The van der Waals surface area contributed by atoms with Crippen LogP contribution in [0, 0.1) is 18.6 Å². The molecule has 4 aromatic rings. The molecule has 0 bridgehead atoms. The number of hydrogen-bond acceptors (Lipinski definition) is 5. The Morgan fingerprint density at radius 2 is 1.89 bits per heavy atom. The number of nitrogens with one attached hydrogen (secondary N) is 1. The summed E-state index contributed by atoms with van der Waals surface area (Å²) in [5.41, 5.74) is 2.91. The van der Waals surface area contributed by atoms with Crippen molar-refractivity contribution < 1.29 is 27.8 Å². The maximum atomic E-state index is 14.1. The van der Waals surface area contributed by atoms with E-state index in [0.29, 0.717) is 29.4 Å². The van der Waals surface area contributed by atoms with Crippen molar-refractivity contribution in [2.75, 3.05) is 6.61 Å². The van der Waals surface area contributed by atoms with Crippen molar-refractivity contribution in [3.05, 3.63) is 101 Å². The molecule has 5 rings (SSSR count). The number of nitrogens with zero attached hydrogens (tertiary/aromatic N) is 2. The highest BCUT2D eigenvalue weighted by Crippen LogP contribution is 2.36. The minimum Gasteiger partial charge on any atom is -0.485 e. The molecule has 0 radical (unpaired) electrons. The molecule has 1 aliphatic rings. The molecule has 9 heteroatoms. The van der Waals surface area contributed by atoms with E-state index in [1.54, 1.807) is 29.7 Å². The van der Waals surface area contributed by atoms with Crippen LogP contribution < -0.4 is 10.1 Å². The molecule has 1 amide bonds. The number of halogens is 2. The normalized spacial score (nSPS) is 17.5. The molecule has 0 spiro atoms. The van der Waals surface area contributed by atoms with Crippen molar-refractivity contribution in [3.63, 3.8) is 0 Å². The fourth-order valence-corrected chi connectivity index (χ4v) is 4.74. The van der Waals surface area contributed by atoms with Crippen LogP contribution in [-0.4, -0.2) is 27.7 Å². The SMILES string of the molecule is Cc1nc2c(OCc3c(F)cccc3F)cccn2c1C(=O)N[C@@H](C)c1ccccc1[C@@H]1COC(C)(C)O1. The Morgan fingerprint density at radius 3 is 2.61 bits per heavy atom. The molecule has 1 fully saturated rings. The quantitative estimate of drug-likeness (QED) is 0.332. The lowest BCUT2D eigenvalue weighted by molar-refractivity contribution is -0.139. The standard InChI is InChI=1S/C29H29F2N3O4/c1-17(19-9-5-6-10-20(19)25-16-37-29(3,4)38-25)33-28(35)26-18(2)32-27-24(13-8-14-34(26)27)36-15-21-22(30)11-7-12-23(21)31/h5-14,17,25H,15-16H2,1-4H3,(H,33,35)/t17-,25-/m0/s1. The van der Waals surface area contributed by atoms with Gasteiger partial charge in [-0.1, -0.05) is 30.3 Å². The van der Waals surface area contributed by atoms with E-state index in [1.165, 1.54) is 18.2 Å². The summed E-state index contributed by atoms with van der Waals surface area (Å²) in [7, 11) is 0. The first-order chi connectivity index (χ1) is 18.1. The van der Waals surface area contributed by atoms with Gasteiger partial charge in [0, 0.05) is 6.20 Å². The van der Waals surface area contributed by atoms with Crippen molar-refractivity contribution in [3.8, 4) is 5.75 Å². The average Bonchev–Trinajstić information content (AvgIpc) is 3.42. The van der Waals surface area contributed by atoms with Gasteiger partial charge in [-0.15, -0.1) is 0 Å². The number of amides is 1. The molecule has 38 heavy (non-hydrogen) atoms. The molecule has 7 nitrogen and oxygen atoms in total. The van der Waals surface area contributed by atoms with Crippen LogP contribution in [0.4, 0.5) is 8.78 Å². The van der Waals surface area contributed by atoms with E-state index in [9.17, 15) is 13.6 Å². The zero-order valence-corrected chi connectivity index (χ0v) is 21.6. The molecular formula is C29H29F2N3O4. The Kier molecular flexibility index (Phi) is 6.90. The molecule has 1 saturated heterocycles. The maximum Gasteiger partial charge on any atom is 0.270 e. The minimum absolute atomic E-state index is 0.178. The molecule has 3 heterocycles. The topological polar surface area (TPSA) is 74.1 Å². The van der Waals surface area contributed by atoms with E-state index in [2.05, 4.69) is 10.3 Å². The highest BCUT2D eigenvalue weighted by Gasteiger charge is 2.35. The second-order valence-corrected chi connectivity index (χ2v) is 9.74. The van der Waals surface area contributed by atoms with Crippen LogP contribution in [0.15, 0.2) is 60.8 Å². The Balaban J connectivity index is 1.38. The third-order valence-corrected chi connectivity index (χ3v) is 6.60. The van der Waals surface area contributed by atoms with Gasteiger partial charge in [0.05, 0.1) is 23.9 Å². The summed E-state index contributed by atoms with van der Waals surface area (Å²) in [6.45, 7) is 7.50. The fourth-order valence-electron chi connectivity index (χ4n) is 4.74. The monoisotopic (exact) mass is 521 g/mol. The summed E-state index contributed by atoms with van der Waals surface area (Å²) in [6.07, 6.45) is 1.46. The summed E-state index contributed by atoms with van der Waals surface area (Å²) >= 11 is 0. The van der Waals surface area contributed by atoms with E-state index in [1.807, 2.05) is 45.0 Å². The second-order valence-electron chi connectivity index (χ2n) is 9.74. The maximum absolute atomic E-state index is 14.1. The number of imidazole rings is 1. The zero-order chi connectivity index (χ0) is 27.0. The highest BCUT2D eigenvalue weighted by molar-refractivity contribution is 5.95. The third kappa shape index (κ3) is 4.99. The number of aromatic nitrogens is 2. The first-order valence-electron chi connectivity index (χ1n) is 12.4. The predicted octanol–water partition coefficient (Wildman–Crippen LogP) is 5.81. The highest BCUT2D eigenvalue weighted by atomic mass is 19.1. The number of aryl methyl sites for hydroxylation is 1. The van der Waals surface area contributed by atoms with Gasteiger partial charge < -0.3 is 19.5 Å². The Hall–Kier alpha value is -3.82. The van der Waals surface area contributed by atoms with E-state index < -0.39 is 17.4 Å². The summed E-state index contributed by atoms with van der Waals surface area (Å²) in [4.78, 5) is 18.0. The van der Waals surface area contributed by atoms with Crippen molar-refractivity contribution in [1.29, 1.82) is 0 Å². The molecule has 2 atom stereocenters. The van der Waals surface area contributed by atoms with Crippen LogP contribution >= 0.6 is 0 Å². The number of fused-ring (bicyclic) bond motifs is 1. The Bertz CT molecular complexity index is 1480. The van der Waals surface area contributed by atoms with Gasteiger partial charge in [0.1, 0.15) is 30.0 Å². The number of benzene rings is 2. The smallest absolute Gasteiger partial charge is 0.270 e. The van der Waals surface area contributed by atoms with Gasteiger partial charge in [0.2, 0.25) is 0 Å². The van der Waals surface area contributed by atoms with Crippen molar-refractivity contribution >= 4 is 11.6 Å². The number of pyridine rings is 1. The lowest BCUT2D eigenvalue weighted by Gasteiger charge is -2.22. The molecule has 198 valence electrons. The number of rotatable bonds is 7. The van der Waals surface area contributed by atoms with E-state index in [0.717, 1.165) is 11.1 Å². The predicted molar refractivity (Wildman–Crippen MR) is 137 cm³/mol. The van der Waals surface area contributed by atoms with Crippen LogP contribution in [0.5, 0.6) is 5.75 Å². The van der Waals surface area contributed by atoms with Gasteiger partial charge in [-0.3, -0.25) is 9.20 Å². The fraction of sp³-hybridized carbons (Fsp3) is 0.310. The Labute approximate surface area is 219 Å². The summed E-state index contributed by atoms with van der Waals surface area (Å²) in [6, 6.07) is 14.5. The lowest BCUT2D eigenvalue weighted by atomic mass is 9.97. The zero-order valence-electron chi connectivity index (χ0n) is 21.6. The van der Waals surface area contributed by atoms with Gasteiger partial charge in [-0.2, -0.15) is 0 Å². The van der Waals surface area contributed by atoms with Crippen LogP contribution in [-0.2, 0) is 16.1 Å². The Morgan fingerprint density at radius 1 is 1.16 bits per heavy atom. The average molecular weight is 522 g/mol. The first kappa shape index (κ1) is 25.8. The van der Waals surface area contributed by atoms with Gasteiger partial charge in [-0.25, -0.2) is 13.8 Å². The van der Waals surface area contributed by atoms with E-state index in [-0.39, 0.29) is 30.2 Å². The molecular weight excluding hydrogens is 492 g/mol. The summed E-state index contributed by atoms with van der Waals surface area (Å²) < 4.78 is 47.3. The molecule has 2 aromatic heterocycles. The minimum atomic E-state index is -0.691. The second kappa shape index (κ2) is 10.2. The molecule has 2 aromatic carbocycles. The van der Waals surface area contributed by atoms with Crippen molar-refractivity contribution in [2.45, 2.75) is 52.2 Å². The molecule has 0 aliphatic carbocycles. The lowest BCUT2D eigenvalue weighted by Crippen LogP contribution is -2.29. The molecule has 0 unspecified atom stereocenters. The summed E-state index contributed by atoms with van der Waals surface area (Å²) in [5, 5.41) is 3.07. The van der Waals surface area contributed by atoms with Gasteiger partial charge in [-0.05, 0) is 63.1 Å². The molecule has 0 saturated carbocycles. The number of ether oxygens (including phenoxy) is 3.